The van der Waals surface area contributed by atoms with Crippen molar-refractivity contribution >= 4 is 23.9 Å². The van der Waals surface area contributed by atoms with Crippen molar-refractivity contribution in [3.63, 3.8) is 0 Å². The summed E-state index contributed by atoms with van der Waals surface area (Å²) in [6.07, 6.45) is 4.48. The van der Waals surface area contributed by atoms with Gasteiger partial charge < -0.3 is 19.7 Å². The van der Waals surface area contributed by atoms with E-state index in [9.17, 15) is 18.8 Å². The molecule has 2 aromatic rings. The molecule has 32 heavy (non-hydrogen) atoms. The average Bonchev–Trinajstić information content (AvgIpc) is 2.93. The van der Waals surface area contributed by atoms with Gasteiger partial charge in [0.2, 0.25) is 0 Å². The number of benzene rings is 2. The Labute approximate surface area is 184 Å². The van der Waals surface area contributed by atoms with Crippen molar-refractivity contribution in [1.82, 2.24) is 5.32 Å². The average molecular weight is 438 g/mol. The van der Waals surface area contributed by atoms with E-state index >= 15 is 0 Å². The zero-order valence-electron chi connectivity index (χ0n) is 17.3. The van der Waals surface area contributed by atoms with Crippen LogP contribution in [0, 0.1) is 5.82 Å². The Balaban J connectivity index is 1.51. The minimum Gasteiger partial charge on any atom is -0.400 e. The Morgan fingerprint density at radius 3 is 2.31 bits per heavy atom. The summed E-state index contributed by atoms with van der Waals surface area (Å²) in [5.41, 5.74) is 2.18. The lowest BCUT2D eigenvalue weighted by Crippen LogP contribution is -2.62. The van der Waals surface area contributed by atoms with Crippen molar-refractivity contribution in [3.05, 3.63) is 77.6 Å². The van der Waals surface area contributed by atoms with Crippen LogP contribution in [-0.2, 0) is 25.5 Å². The van der Waals surface area contributed by atoms with Gasteiger partial charge in [0.25, 0.3) is 0 Å². The number of esters is 2. The number of hydrogen-bond donors (Lipinski definition) is 1. The number of carbonyl (C=O) groups excluding carboxylic acids is 3. The van der Waals surface area contributed by atoms with Crippen molar-refractivity contribution in [2.24, 2.45) is 0 Å². The highest BCUT2D eigenvalue weighted by Crippen LogP contribution is 2.37. The van der Waals surface area contributed by atoms with Gasteiger partial charge in [0.1, 0.15) is 12.1 Å². The van der Waals surface area contributed by atoms with E-state index in [4.69, 9.17) is 9.47 Å². The molecule has 0 amide bonds. The zero-order chi connectivity index (χ0) is 22.6. The van der Waals surface area contributed by atoms with E-state index in [1.165, 1.54) is 12.1 Å². The fourth-order valence-corrected chi connectivity index (χ4v) is 4.02. The van der Waals surface area contributed by atoms with E-state index < -0.39 is 17.8 Å². The molecule has 1 spiro atoms. The number of piperidine rings is 1. The highest BCUT2D eigenvalue weighted by Gasteiger charge is 2.50. The van der Waals surface area contributed by atoms with Crippen molar-refractivity contribution in [2.45, 2.75) is 31.2 Å². The molecule has 1 saturated heterocycles. The van der Waals surface area contributed by atoms with Gasteiger partial charge in [-0.25, -0.2) is 14.0 Å². The maximum absolute atomic E-state index is 13.1. The number of halogens is 1. The number of rotatable bonds is 6. The maximum Gasteiger partial charge on any atom is 0.344 e. The summed E-state index contributed by atoms with van der Waals surface area (Å²) in [7, 11) is 0. The molecule has 2 aliphatic heterocycles. The summed E-state index contributed by atoms with van der Waals surface area (Å²) in [5, 5.41) is 3.43. The van der Waals surface area contributed by atoms with Crippen molar-refractivity contribution in [1.29, 1.82) is 0 Å². The molecular formula is C24H23FN2O5. The van der Waals surface area contributed by atoms with Gasteiger partial charge in [-0.15, -0.1) is 0 Å². The number of nitrogens with one attached hydrogen (secondary N) is 1. The molecule has 1 fully saturated rings. The molecule has 0 bridgehead atoms. The highest BCUT2D eigenvalue weighted by molar-refractivity contribution is 5.93. The van der Waals surface area contributed by atoms with Crippen molar-refractivity contribution in [2.75, 3.05) is 18.0 Å². The maximum atomic E-state index is 13.1. The quantitative estimate of drug-likeness (QED) is 0.548. The summed E-state index contributed by atoms with van der Waals surface area (Å²) >= 11 is 0. The number of anilines is 1. The normalized spacial score (nSPS) is 19.9. The van der Waals surface area contributed by atoms with Gasteiger partial charge in [-0.2, -0.15) is 0 Å². The lowest BCUT2D eigenvalue weighted by Gasteiger charge is -2.47. The van der Waals surface area contributed by atoms with E-state index in [0.717, 1.165) is 24.0 Å². The molecule has 166 valence electrons. The Bertz CT molecular complexity index is 1000. The smallest absolute Gasteiger partial charge is 0.344 e. The highest BCUT2D eigenvalue weighted by atomic mass is 19.1. The molecule has 2 heterocycles. The zero-order valence-corrected chi connectivity index (χ0v) is 17.3. The Morgan fingerprint density at radius 2 is 1.69 bits per heavy atom. The molecule has 2 aromatic carbocycles. The minimum atomic E-state index is -1.61. The largest absolute Gasteiger partial charge is 0.400 e. The molecule has 1 N–H and O–H groups in total. The molecule has 0 aliphatic carbocycles. The van der Waals surface area contributed by atoms with Crippen LogP contribution in [0.25, 0.3) is 0 Å². The van der Waals surface area contributed by atoms with Crippen molar-refractivity contribution < 1.29 is 28.2 Å². The second kappa shape index (κ2) is 9.32. The standard InChI is InChI=1S/C24H23FN2O5/c25-19-5-1-17(2-6-19)11-13-26-20-12-14-27(21-7-3-18(16-28)4-8-21)24(15-20)31-22(29)9-10-23(30)32-24/h1-10,16,20,26H,11-15H2. The van der Waals surface area contributed by atoms with Gasteiger partial charge in [0.05, 0.1) is 6.42 Å². The summed E-state index contributed by atoms with van der Waals surface area (Å²) in [6, 6.07) is 13.0. The predicted octanol–water partition coefficient (Wildman–Crippen LogP) is 2.75. The first kappa shape index (κ1) is 21.7. The van der Waals surface area contributed by atoms with Gasteiger partial charge in [-0.3, -0.25) is 4.79 Å². The molecule has 1 atom stereocenters. The summed E-state index contributed by atoms with van der Waals surface area (Å²) < 4.78 is 24.4. The van der Waals surface area contributed by atoms with E-state index in [1.54, 1.807) is 41.3 Å². The SMILES string of the molecule is O=Cc1ccc(N2CCC(NCCc3ccc(F)cc3)CC23OC(=O)C=CC(=O)O3)cc1. The van der Waals surface area contributed by atoms with Crippen LogP contribution < -0.4 is 10.2 Å². The Morgan fingerprint density at radius 1 is 1.03 bits per heavy atom. The number of ether oxygens (including phenoxy) is 2. The summed E-state index contributed by atoms with van der Waals surface area (Å²) in [4.78, 5) is 37.2. The van der Waals surface area contributed by atoms with Gasteiger partial charge in [0.15, 0.2) is 0 Å². The minimum absolute atomic E-state index is 0.0837. The lowest BCUT2D eigenvalue weighted by molar-refractivity contribution is -0.228. The van der Waals surface area contributed by atoms with Gasteiger partial charge in [-0.05, 0) is 61.3 Å². The molecule has 0 radical (unpaired) electrons. The molecule has 2 aliphatic rings. The summed E-state index contributed by atoms with van der Waals surface area (Å²) in [6.45, 7) is 1.08. The molecule has 7 nitrogen and oxygen atoms in total. The van der Waals surface area contributed by atoms with E-state index in [1.807, 2.05) is 0 Å². The van der Waals surface area contributed by atoms with Crippen molar-refractivity contribution in [3.8, 4) is 0 Å². The van der Waals surface area contributed by atoms with Crippen LogP contribution >= 0.6 is 0 Å². The predicted molar refractivity (Wildman–Crippen MR) is 114 cm³/mol. The fraction of sp³-hybridized carbons (Fsp3) is 0.292. The van der Waals surface area contributed by atoms with Crippen LogP contribution in [0.2, 0.25) is 0 Å². The number of carbonyl (C=O) groups is 3. The van der Waals surface area contributed by atoms with Gasteiger partial charge in [-0.1, -0.05) is 12.1 Å². The first-order valence-corrected chi connectivity index (χ1v) is 10.4. The van der Waals surface area contributed by atoms with Gasteiger partial charge in [0, 0.05) is 36.0 Å². The van der Waals surface area contributed by atoms with Crippen LogP contribution in [0.5, 0.6) is 0 Å². The first-order chi connectivity index (χ1) is 15.5. The third-order valence-electron chi connectivity index (χ3n) is 5.59. The second-order valence-electron chi connectivity index (χ2n) is 7.77. The number of aldehydes is 1. The lowest BCUT2D eigenvalue weighted by atomic mass is 9.99. The monoisotopic (exact) mass is 438 g/mol. The molecule has 1 unspecified atom stereocenters. The van der Waals surface area contributed by atoms with Gasteiger partial charge >= 0.3 is 17.8 Å². The summed E-state index contributed by atoms with van der Waals surface area (Å²) in [5.74, 6) is -3.22. The Hall–Kier alpha value is -3.52. The van der Waals surface area contributed by atoms with E-state index in [2.05, 4.69) is 5.32 Å². The third kappa shape index (κ3) is 4.86. The molecule has 0 saturated carbocycles. The molecular weight excluding hydrogens is 415 g/mol. The van der Waals surface area contributed by atoms with Crippen LogP contribution in [0.1, 0.15) is 28.8 Å². The fourth-order valence-electron chi connectivity index (χ4n) is 4.02. The van der Waals surface area contributed by atoms with Crippen LogP contribution in [0.3, 0.4) is 0 Å². The Kier molecular flexibility index (Phi) is 6.32. The van der Waals surface area contributed by atoms with E-state index in [0.29, 0.717) is 37.2 Å². The number of nitrogens with zero attached hydrogens (tertiary/aromatic N) is 1. The van der Waals surface area contributed by atoms with Crippen LogP contribution in [0.15, 0.2) is 60.7 Å². The number of hydrogen-bond acceptors (Lipinski definition) is 7. The third-order valence-corrected chi connectivity index (χ3v) is 5.59. The topological polar surface area (TPSA) is 84.9 Å². The molecule has 4 rings (SSSR count). The van der Waals surface area contributed by atoms with Crippen LogP contribution in [0.4, 0.5) is 10.1 Å². The molecule has 0 aromatic heterocycles. The first-order valence-electron chi connectivity index (χ1n) is 10.4. The van der Waals surface area contributed by atoms with Crippen LogP contribution in [-0.4, -0.2) is 43.3 Å². The molecule has 8 heteroatoms. The van der Waals surface area contributed by atoms with E-state index in [-0.39, 0.29) is 18.3 Å². The second-order valence-corrected chi connectivity index (χ2v) is 7.77.